The Balaban J connectivity index is 2.24. The molecule has 0 amide bonds. The average molecular weight is 175 g/mol. The molecule has 1 aliphatic rings. The van der Waals surface area contributed by atoms with Gasteiger partial charge in [-0.05, 0) is 24.0 Å². The lowest BCUT2D eigenvalue weighted by molar-refractivity contribution is 0.740. The molecule has 0 heterocycles. The summed E-state index contributed by atoms with van der Waals surface area (Å²) in [5.74, 6) is 0. The fourth-order valence-electron chi connectivity index (χ4n) is 1.85. The van der Waals surface area contributed by atoms with Crippen LogP contribution < -0.4 is 5.73 Å². The monoisotopic (exact) mass is 175 g/mol. The lowest BCUT2D eigenvalue weighted by Crippen LogP contribution is -2.14. The molecule has 2 atom stereocenters. The molecule has 0 spiro atoms. The molecule has 2 unspecified atom stereocenters. The molecule has 1 fully saturated rings. The molecule has 70 valence electrons. The Morgan fingerprint density at radius 2 is 1.92 bits per heavy atom. The average Bonchev–Trinajstić information content (AvgIpc) is 2.76. The summed E-state index contributed by atoms with van der Waals surface area (Å²) in [7, 11) is 0. The van der Waals surface area contributed by atoms with E-state index in [0.717, 1.165) is 12.8 Å². The molecule has 1 nitrogen and oxygen atoms in total. The van der Waals surface area contributed by atoms with Crippen molar-refractivity contribution < 1.29 is 0 Å². The van der Waals surface area contributed by atoms with Crippen LogP contribution in [0.1, 0.15) is 31.4 Å². The van der Waals surface area contributed by atoms with Crippen LogP contribution >= 0.6 is 0 Å². The SMILES string of the molecule is CCc1ccc(C2(C)CC2N)cc1. The molecular formula is C12H17N. The largest absolute Gasteiger partial charge is 0.327 e. The van der Waals surface area contributed by atoms with E-state index in [1.54, 1.807) is 0 Å². The van der Waals surface area contributed by atoms with Crippen molar-refractivity contribution in [1.82, 2.24) is 0 Å². The van der Waals surface area contributed by atoms with Gasteiger partial charge < -0.3 is 5.73 Å². The Kier molecular flexibility index (Phi) is 1.92. The van der Waals surface area contributed by atoms with Crippen molar-refractivity contribution in [2.45, 2.75) is 38.1 Å². The number of benzene rings is 1. The maximum absolute atomic E-state index is 5.90. The van der Waals surface area contributed by atoms with Gasteiger partial charge in [-0.25, -0.2) is 0 Å². The van der Waals surface area contributed by atoms with Crippen LogP contribution in [-0.2, 0) is 11.8 Å². The highest BCUT2D eigenvalue weighted by Gasteiger charge is 2.48. The van der Waals surface area contributed by atoms with Crippen molar-refractivity contribution in [3.8, 4) is 0 Å². The summed E-state index contributed by atoms with van der Waals surface area (Å²) < 4.78 is 0. The highest BCUT2D eigenvalue weighted by atomic mass is 14.8. The minimum atomic E-state index is 0.270. The summed E-state index contributed by atoms with van der Waals surface area (Å²) in [6.07, 6.45) is 2.25. The molecule has 1 saturated carbocycles. The summed E-state index contributed by atoms with van der Waals surface area (Å²) in [5.41, 5.74) is 8.98. The standard InChI is InChI=1S/C12H17N/c1-3-9-4-6-10(7-5-9)12(2)8-11(12)13/h4-7,11H,3,8,13H2,1-2H3. The predicted molar refractivity (Wildman–Crippen MR) is 55.8 cm³/mol. The summed E-state index contributed by atoms with van der Waals surface area (Å²) in [6.45, 7) is 4.43. The molecule has 0 radical (unpaired) electrons. The summed E-state index contributed by atoms with van der Waals surface area (Å²) in [5, 5.41) is 0. The van der Waals surface area contributed by atoms with Gasteiger partial charge in [-0.15, -0.1) is 0 Å². The molecule has 0 bridgehead atoms. The Hall–Kier alpha value is -0.820. The van der Waals surface area contributed by atoms with Crippen molar-refractivity contribution in [3.05, 3.63) is 35.4 Å². The molecule has 1 aromatic rings. The number of hydrogen-bond donors (Lipinski definition) is 1. The fourth-order valence-corrected chi connectivity index (χ4v) is 1.85. The smallest absolute Gasteiger partial charge is 0.0143 e. The van der Waals surface area contributed by atoms with E-state index in [4.69, 9.17) is 5.73 Å². The van der Waals surface area contributed by atoms with Crippen LogP contribution in [0.4, 0.5) is 0 Å². The predicted octanol–water partition coefficient (Wildman–Crippen LogP) is 2.24. The van der Waals surface area contributed by atoms with Crippen LogP contribution in [0.5, 0.6) is 0 Å². The van der Waals surface area contributed by atoms with E-state index in [1.807, 2.05) is 0 Å². The highest BCUT2D eigenvalue weighted by molar-refractivity contribution is 5.36. The third kappa shape index (κ3) is 1.37. The zero-order valence-corrected chi connectivity index (χ0v) is 8.38. The van der Waals surface area contributed by atoms with Gasteiger partial charge in [0, 0.05) is 11.5 Å². The molecule has 1 aromatic carbocycles. The highest BCUT2D eigenvalue weighted by Crippen LogP contribution is 2.46. The van der Waals surface area contributed by atoms with Crippen LogP contribution in [-0.4, -0.2) is 6.04 Å². The van der Waals surface area contributed by atoms with Gasteiger partial charge in [-0.1, -0.05) is 38.1 Å². The minimum Gasteiger partial charge on any atom is -0.327 e. The van der Waals surface area contributed by atoms with Gasteiger partial charge in [-0.2, -0.15) is 0 Å². The first-order chi connectivity index (χ1) is 6.16. The van der Waals surface area contributed by atoms with Gasteiger partial charge >= 0.3 is 0 Å². The maximum atomic E-state index is 5.90. The van der Waals surface area contributed by atoms with Crippen LogP contribution in [0.3, 0.4) is 0 Å². The second-order valence-electron chi connectivity index (χ2n) is 4.28. The Morgan fingerprint density at radius 1 is 1.38 bits per heavy atom. The molecule has 1 heteroatoms. The second-order valence-corrected chi connectivity index (χ2v) is 4.28. The minimum absolute atomic E-state index is 0.270. The first-order valence-corrected chi connectivity index (χ1v) is 5.02. The Bertz CT molecular complexity index is 301. The number of rotatable bonds is 2. The fraction of sp³-hybridized carbons (Fsp3) is 0.500. The van der Waals surface area contributed by atoms with E-state index in [9.17, 15) is 0 Å². The lowest BCUT2D eigenvalue weighted by Gasteiger charge is -2.10. The van der Waals surface area contributed by atoms with E-state index in [0.29, 0.717) is 6.04 Å². The van der Waals surface area contributed by atoms with Gasteiger partial charge in [0.1, 0.15) is 0 Å². The van der Waals surface area contributed by atoms with Crippen LogP contribution in [0, 0.1) is 0 Å². The number of nitrogens with two attached hydrogens (primary N) is 1. The molecular weight excluding hydrogens is 158 g/mol. The van der Waals surface area contributed by atoms with E-state index >= 15 is 0 Å². The summed E-state index contributed by atoms with van der Waals surface area (Å²) in [6, 6.07) is 9.26. The van der Waals surface area contributed by atoms with E-state index in [1.165, 1.54) is 11.1 Å². The van der Waals surface area contributed by atoms with Crippen LogP contribution in [0.2, 0.25) is 0 Å². The first kappa shape index (κ1) is 8.76. The van der Waals surface area contributed by atoms with Crippen molar-refractivity contribution in [1.29, 1.82) is 0 Å². The van der Waals surface area contributed by atoms with E-state index < -0.39 is 0 Å². The molecule has 2 N–H and O–H groups in total. The van der Waals surface area contributed by atoms with Crippen LogP contribution in [0.15, 0.2) is 24.3 Å². The zero-order chi connectivity index (χ0) is 9.47. The van der Waals surface area contributed by atoms with Gasteiger partial charge in [-0.3, -0.25) is 0 Å². The topological polar surface area (TPSA) is 26.0 Å². The van der Waals surface area contributed by atoms with Crippen molar-refractivity contribution in [2.75, 3.05) is 0 Å². The Labute approximate surface area is 80.0 Å². The molecule has 0 saturated heterocycles. The first-order valence-electron chi connectivity index (χ1n) is 5.02. The Morgan fingerprint density at radius 3 is 2.31 bits per heavy atom. The summed E-state index contributed by atoms with van der Waals surface area (Å²) >= 11 is 0. The van der Waals surface area contributed by atoms with E-state index in [2.05, 4.69) is 38.1 Å². The van der Waals surface area contributed by atoms with Gasteiger partial charge in [0.25, 0.3) is 0 Å². The van der Waals surface area contributed by atoms with Gasteiger partial charge in [0.15, 0.2) is 0 Å². The van der Waals surface area contributed by atoms with E-state index in [-0.39, 0.29) is 5.41 Å². The molecule has 0 aromatic heterocycles. The number of hydrogen-bond acceptors (Lipinski definition) is 1. The van der Waals surface area contributed by atoms with Gasteiger partial charge in [0.2, 0.25) is 0 Å². The number of aryl methyl sites for hydroxylation is 1. The molecule has 13 heavy (non-hydrogen) atoms. The molecule has 2 rings (SSSR count). The van der Waals surface area contributed by atoms with Gasteiger partial charge in [0.05, 0.1) is 0 Å². The lowest BCUT2D eigenvalue weighted by atomic mass is 9.96. The zero-order valence-electron chi connectivity index (χ0n) is 8.38. The molecule has 0 aliphatic heterocycles. The van der Waals surface area contributed by atoms with Crippen molar-refractivity contribution >= 4 is 0 Å². The quantitative estimate of drug-likeness (QED) is 0.733. The third-order valence-electron chi connectivity index (χ3n) is 3.32. The summed E-state index contributed by atoms with van der Waals surface area (Å²) in [4.78, 5) is 0. The normalized spacial score (nSPS) is 31.8. The van der Waals surface area contributed by atoms with Crippen LogP contribution in [0.25, 0.3) is 0 Å². The third-order valence-corrected chi connectivity index (χ3v) is 3.32. The van der Waals surface area contributed by atoms with Crippen molar-refractivity contribution in [3.63, 3.8) is 0 Å². The second kappa shape index (κ2) is 2.85. The van der Waals surface area contributed by atoms with Crippen molar-refractivity contribution in [2.24, 2.45) is 5.73 Å². The molecule has 1 aliphatic carbocycles. The maximum Gasteiger partial charge on any atom is 0.0143 e.